The van der Waals surface area contributed by atoms with Crippen LogP contribution in [0, 0.1) is 0 Å². The number of urea groups is 1. The van der Waals surface area contributed by atoms with Crippen LogP contribution < -0.4 is 10.1 Å². The number of hydrogen-bond donors (Lipinski definition) is 1. The highest BCUT2D eigenvalue weighted by Crippen LogP contribution is 2.25. The third kappa shape index (κ3) is 3.78. The van der Waals surface area contributed by atoms with Crippen molar-refractivity contribution in [2.45, 2.75) is 44.8 Å². The predicted molar refractivity (Wildman–Crippen MR) is 98.9 cm³/mol. The van der Waals surface area contributed by atoms with E-state index >= 15 is 0 Å². The van der Waals surface area contributed by atoms with Gasteiger partial charge in [0.25, 0.3) is 0 Å². The number of anilines is 1. The molecule has 4 rings (SSSR count). The molecule has 0 bridgehead atoms. The standard InChI is InChI=1S/C21H24N2O2/c24-21(23-14-13-16-5-1-2-6-17(16)15-23)22-18-9-11-20(12-10-18)25-19-7-3-4-8-19/h1-2,5-6,9-12,19H,3-4,7-8,13-15H2,(H,22,24). The van der Waals surface area contributed by atoms with Crippen molar-refractivity contribution in [3.8, 4) is 5.75 Å². The number of nitrogens with one attached hydrogen (secondary N) is 1. The minimum absolute atomic E-state index is 0.0426. The maximum absolute atomic E-state index is 12.5. The zero-order valence-electron chi connectivity index (χ0n) is 14.4. The van der Waals surface area contributed by atoms with Gasteiger partial charge in [-0.2, -0.15) is 0 Å². The Morgan fingerprint density at radius 1 is 1.00 bits per heavy atom. The fourth-order valence-electron chi connectivity index (χ4n) is 3.69. The van der Waals surface area contributed by atoms with E-state index in [1.807, 2.05) is 35.2 Å². The summed E-state index contributed by atoms with van der Waals surface area (Å²) in [7, 11) is 0. The molecule has 4 nitrogen and oxygen atoms in total. The maximum atomic E-state index is 12.5. The van der Waals surface area contributed by atoms with Crippen LogP contribution in [0.15, 0.2) is 48.5 Å². The van der Waals surface area contributed by atoms with E-state index in [1.54, 1.807) is 0 Å². The fourth-order valence-corrected chi connectivity index (χ4v) is 3.69. The zero-order chi connectivity index (χ0) is 17.1. The van der Waals surface area contributed by atoms with E-state index in [0.29, 0.717) is 12.6 Å². The van der Waals surface area contributed by atoms with Crippen molar-refractivity contribution in [1.29, 1.82) is 0 Å². The van der Waals surface area contributed by atoms with Crippen molar-refractivity contribution >= 4 is 11.7 Å². The van der Waals surface area contributed by atoms with E-state index in [-0.39, 0.29) is 6.03 Å². The lowest BCUT2D eigenvalue weighted by atomic mass is 10.0. The second kappa shape index (κ2) is 7.18. The smallest absolute Gasteiger partial charge is 0.322 e. The van der Waals surface area contributed by atoms with Crippen molar-refractivity contribution in [3.05, 3.63) is 59.7 Å². The normalized spacial score (nSPS) is 17.2. The SMILES string of the molecule is O=C(Nc1ccc(OC2CCCC2)cc1)N1CCc2ccccc2C1. The van der Waals surface area contributed by atoms with Gasteiger partial charge in [0.15, 0.2) is 0 Å². The van der Waals surface area contributed by atoms with Crippen LogP contribution in [0.1, 0.15) is 36.8 Å². The maximum Gasteiger partial charge on any atom is 0.322 e. The van der Waals surface area contributed by atoms with E-state index in [2.05, 4.69) is 23.5 Å². The lowest BCUT2D eigenvalue weighted by Gasteiger charge is -2.29. The molecule has 0 aromatic heterocycles. The Morgan fingerprint density at radius 2 is 1.72 bits per heavy atom. The number of carbonyl (C=O) groups excluding carboxylic acids is 1. The molecule has 0 unspecified atom stereocenters. The summed E-state index contributed by atoms with van der Waals surface area (Å²) in [6.07, 6.45) is 6.09. The molecule has 1 heterocycles. The first-order chi connectivity index (χ1) is 12.3. The Bertz CT molecular complexity index is 736. The average molecular weight is 336 g/mol. The van der Waals surface area contributed by atoms with E-state index < -0.39 is 0 Å². The van der Waals surface area contributed by atoms with Gasteiger partial charge in [-0.05, 0) is 67.5 Å². The van der Waals surface area contributed by atoms with Crippen LogP contribution >= 0.6 is 0 Å². The highest BCUT2D eigenvalue weighted by molar-refractivity contribution is 5.89. The van der Waals surface area contributed by atoms with Crippen LogP contribution in [0.4, 0.5) is 10.5 Å². The van der Waals surface area contributed by atoms with Gasteiger partial charge in [-0.1, -0.05) is 24.3 Å². The Morgan fingerprint density at radius 3 is 2.48 bits per heavy atom. The third-order valence-electron chi connectivity index (χ3n) is 5.13. The molecule has 2 aromatic carbocycles. The van der Waals surface area contributed by atoms with Gasteiger partial charge < -0.3 is 15.0 Å². The van der Waals surface area contributed by atoms with Crippen LogP contribution in [-0.2, 0) is 13.0 Å². The van der Waals surface area contributed by atoms with Crippen molar-refractivity contribution in [2.75, 3.05) is 11.9 Å². The number of nitrogens with zero attached hydrogens (tertiary/aromatic N) is 1. The number of ether oxygens (including phenoxy) is 1. The molecule has 0 spiro atoms. The average Bonchev–Trinajstić information content (AvgIpc) is 3.16. The number of benzene rings is 2. The van der Waals surface area contributed by atoms with Crippen molar-refractivity contribution in [1.82, 2.24) is 4.90 Å². The minimum atomic E-state index is -0.0426. The van der Waals surface area contributed by atoms with E-state index in [1.165, 1.54) is 24.0 Å². The lowest BCUT2D eigenvalue weighted by molar-refractivity contribution is 0.206. The Labute approximate surface area is 148 Å². The van der Waals surface area contributed by atoms with Gasteiger partial charge >= 0.3 is 6.03 Å². The first-order valence-corrected chi connectivity index (χ1v) is 9.17. The molecule has 2 aromatic rings. The van der Waals surface area contributed by atoms with Gasteiger partial charge in [0.2, 0.25) is 0 Å². The summed E-state index contributed by atoms with van der Waals surface area (Å²) in [6, 6.07) is 16.0. The van der Waals surface area contributed by atoms with Crippen LogP contribution in [0.25, 0.3) is 0 Å². The first kappa shape index (κ1) is 16.0. The minimum Gasteiger partial charge on any atom is -0.490 e. The topological polar surface area (TPSA) is 41.6 Å². The molecular formula is C21H24N2O2. The number of amides is 2. The molecule has 0 saturated heterocycles. The van der Waals surface area contributed by atoms with E-state index in [9.17, 15) is 4.79 Å². The summed E-state index contributed by atoms with van der Waals surface area (Å²) in [4.78, 5) is 14.4. The van der Waals surface area contributed by atoms with E-state index in [0.717, 1.165) is 37.2 Å². The molecule has 1 aliphatic carbocycles. The molecule has 25 heavy (non-hydrogen) atoms. The molecule has 0 atom stereocenters. The van der Waals surface area contributed by atoms with Crippen LogP contribution in [0.5, 0.6) is 5.75 Å². The Hall–Kier alpha value is -2.49. The first-order valence-electron chi connectivity index (χ1n) is 9.17. The van der Waals surface area contributed by atoms with Crippen LogP contribution in [-0.4, -0.2) is 23.6 Å². The van der Waals surface area contributed by atoms with Crippen LogP contribution in [0.2, 0.25) is 0 Å². The van der Waals surface area contributed by atoms with E-state index in [4.69, 9.17) is 4.74 Å². The van der Waals surface area contributed by atoms with Gasteiger partial charge in [0, 0.05) is 18.8 Å². The van der Waals surface area contributed by atoms with Gasteiger partial charge in [-0.3, -0.25) is 0 Å². The summed E-state index contributed by atoms with van der Waals surface area (Å²) < 4.78 is 5.97. The second-order valence-electron chi connectivity index (χ2n) is 6.92. The number of rotatable bonds is 3. The number of hydrogen-bond acceptors (Lipinski definition) is 2. The lowest BCUT2D eigenvalue weighted by Crippen LogP contribution is -2.38. The van der Waals surface area contributed by atoms with Gasteiger partial charge in [0.1, 0.15) is 5.75 Å². The summed E-state index contributed by atoms with van der Waals surface area (Å²) >= 11 is 0. The monoisotopic (exact) mass is 336 g/mol. The molecule has 1 aliphatic heterocycles. The molecule has 2 aliphatic rings. The summed E-state index contributed by atoms with van der Waals surface area (Å²) in [5.74, 6) is 0.886. The number of fused-ring (bicyclic) bond motifs is 1. The van der Waals surface area contributed by atoms with Crippen molar-refractivity contribution in [2.24, 2.45) is 0 Å². The Kier molecular flexibility index (Phi) is 4.59. The fraction of sp³-hybridized carbons (Fsp3) is 0.381. The third-order valence-corrected chi connectivity index (χ3v) is 5.13. The van der Waals surface area contributed by atoms with Crippen LogP contribution in [0.3, 0.4) is 0 Å². The molecular weight excluding hydrogens is 312 g/mol. The summed E-state index contributed by atoms with van der Waals surface area (Å²) in [5.41, 5.74) is 3.40. The quantitative estimate of drug-likeness (QED) is 0.890. The highest BCUT2D eigenvalue weighted by Gasteiger charge is 2.20. The summed E-state index contributed by atoms with van der Waals surface area (Å²) in [6.45, 7) is 1.43. The second-order valence-corrected chi connectivity index (χ2v) is 6.92. The highest BCUT2D eigenvalue weighted by atomic mass is 16.5. The molecule has 1 N–H and O–H groups in total. The van der Waals surface area contributed by atoms with Crippen molar-refractivity contribution < 1.29 is 9.53 Å². The van der Waals surface area contributed by atoms with Gasteiger partial charge in [-0.15, -0.1) is 0 Å². The van der Waals surface area contributed by atoms with Gasteiger partial charge in [-0.25, -0.2) is 4.79 Å². The molecule has 1 fully saturated rings. The molecule has 130 valence electrons. The van der Waals surface area contributed by atoms with Crippen molar-refractivity contribution in [3.63, 3.8) is 0 Å². The zero-order valence-corrected chi connectivity index (χ0v) is 14.4. The Balaban J connectivity index is 1.34. The van der Waals surface area contributed by atoms with Gasteiger partial charge in [0.05, 0.1) is 6.10 Å². The molecule has 2 amide bonds. The molecule has 1 saturated carbocycles. The molecule has 4 heteroatoms. The largest absolute Gasteiger partial charge is 0.490 e. The predicted octanol–water partition coefficient (Wildman–Crippen LogP) is 4.60. The number of carbonyl (C=O) groups is 1. The summed E-state index contributed by atoms with van der Waals surface area (Å²) in [5, 5.41) is 2.99. The molecule has 0 radical (unpaired) electrons.